The average Bonchev–Trinajstić information content (AvgIpc) is 2.21. The smallest absolute Gasteiger partial charge is 0.127 e. The van der Waals surface area contributed by atoms with Crippen LogP contribution in [0.25, 0.3) is 0 Å². The molecule has 16 heavy (non-hydrogen) atoms. The van der Waals surface area contributed by atoms with E-state index in [0.29, 0.717) is 6.54 Å². The Balaban J connectivity index is 2.58. The van der Waals surface area contributed by atoms with Crippen LogP contribution in [0.5, 0.6) is 0 Å². The summed E-state index contributed by atoms with van der Waals surface area (Å²) in [5.74, 6) is -0.149. The molecule has 1 aromatic rings. The molecule has 1 unspecified atom stereocenters. The van der Waals surface area contributed by atoms with Crippen LogP contribution in [-0.4, -0.2) is 24.0 Å². The van der Waals surface area contributed by atoms with Crippen LogP contribution in [0.15, 0.2) is 24.3 Å². The van der Waals surface area contributed by atoms with E-state index in [0.717, 1.165) is 18.5 Å². The first-order valence-corrected chi connectivity index (χ1v) is 5.65. The number of hydrogen-bond donors (Lipinski definition) is 1. The molecule has 0 radical (unpaired) electrons. The number of nitrogens with zero attached hydrogens (tertiary/aromatic N) is 1. The molecule has 1 rings (SSSR count). The van der Waals surface area contributed by atoms with Gasteiger partial charge in [0.25, 0.3) is 0 Å². The number of benzene rings is 1. The Labute approximate surface area is 97.3 Å². The second kappa shape index (κ2) is 5.41. The van der Waals surface area contributed by atoms with Crippen LogP contribution >= 0.6 is 0 Å². The summed E-state index contributed by atoms with van der Waals surface area (Å²) in [4.78, 5) is 2.06. The van der Waals surface area contributed by atoms with Crippen molar-refractivity contribution in [1.82, 2.24) is 4.90 Å². The molecule has 0 saturated carbocycles. The Morgan fingerprint density at radius 2 is 2.00 bits per heavy atom. The first-order chi connectivity index (χ1) is 7.44. The molecule has 1 atom stereocenters. The number of hydrogen-bond acceptors (Lipinski definition) is 2. The summed E-state index contributed by atoms with van der Waals surface area (Å²) in [6, 6.07) is 6.86. The molecular weight excluding hydrogens is 203 g/mol. The van der Waals surface area contributed by atoms with E-state index >= 15 is 0 Å². The summed E-state index contributed by atoms with van der Waals surface area (Å²) < 4.78 is 13.4. The van der Waals surface area contributed by atoms with Crippen molar-refractivity contribution in [2.24, 2.45) is 5.73 Å². The Hall–Kier alpha value is -0.930. The first kappa shape index (κ1) is 13.1. The molecule has 90 valence electrons. The van der Waals surface area contributed by atoms with E-state index in [9.17, 15) is 4.39 Å². The summed E-state index contributed by atoms with van der Waals surface area (Å²) in [5, 5.41) is 0. The van der Waals surface area contributed by atoms with Crippen molar-refractivity contribution < 1.29 is 4.39 Å². The lowest BCUT2D eigenvalue weighted by molar-refractivity contribution is 0.244. The molecule has 0 aromatic heterocycles. The van der Waals surface area contributed by atoms with Crippen LogP contribution in [0, 0.1) is 5.82 Å². The highest BCUT2D eigenvalue weighted by Crippen LogP contribution is 2.12. The van der Waals surface area contributed by atoms with Crippen LogP contribution in [-0.2, 0) is 6.54 Å². The Kier molecular flexibility index (Phi) is 4.44. The van der Waals surface area contributed by atoms with E-state index in [4.69, 9.17) is 5.73 Å². The highest BCUT2D eigenvalue weighted by Gasteiger charge is 2.18. The van der Waals surface area contributed by atoms with Crippen LogP contribution < -0.4 is 5.73 Å². The van der Waals surface area contributed by atoms with Crippen molar-refractivity contribution >= 4 is 0 Å². The van der Waals surface area contributed by atoms with Gasteiger partial charge in [-0.1, -0.05) is 25.1 Å². The molecule has 1 aromatic carbocycles. The minimum Gasteiger partial charge on any atom is -0.324 e. The molecule has 2 N–H and O–H groups in total. The predicted molar refractivity (Wildman–Crippen MR) is 65.6 cm³/mol. The lowest BCUT2D eigenvalue weighted by atomic mass is 10.00. The second-order valence-corrected chi connectivity index (χ2v) is 4.77. The Morgan fingerprint density at radius 3 is 2.56 bits per heavy atom. The molecule has 0 saturated heterocycles. The van der Waals surface area contributed by atoms with Gasteiger partial charge in [0.15, 0.2) is 0 Å². The van der Waals surface area contributed by atoms with Gasteiger partial charge in [-0.25, -0.2) is 4.39 Å². The fourth-order valence-corrected chi connectivity index (χ4v) is 1.70. The molecule has 0 heterocycles. The van der Waals surface area contributed by atoms with E-state index in [1.807, 2.05) is 26.1 Å². The van der Waals surface area contributed by atoms with Gasteiger partial charge in [0.1, 0.15) is 5.82 Å². The molecule has 0 aliphatic carbocycles. The van der Waals surface area contributed by atoms with Gasteiger partial charge in [0, 0.05) is 24.2 Å². The monoisotopic (exact) mass is 224 g/mol. The lowest BCUT2D eigenvalue weighted by Crippen LogP contribution is -2.45. The molecule has 0 amide bonds. The molecule has 0 bridgehead atoms. The third-order valence-electron chi connectivity index (χ3n) is 2.84. The van der Waals surface area contributed by atoms with Crippen molar-refractivity contribution in [3.63, 3.8) is 0 Å². The maximum absolute atomic E-state index is 13.4. The van der Waals surface area contributed by atoms with Crippen LogP contribution in [0.1, 0.15) is 25.8 Å². The number of rotatable bonds is 5. The topological polar surface area (TPSA) is 29.3 Å². The summed E-state index contributed by atoms with van der Waals surface area (Å²) in [7, 11) is 1.97. The minimum absolute atomic E-state index is 0.149. The first-order valence-electron chi connectivity index (χ1n) is 5.65. The number of likely N-dealkylation sites (N-methyl/N-ethyl adjacent to an activating group) is 1. The molecule has 3 heteroatoms. The molecule has 0 fully saturated rings. The van der Waals surface area contributed by atoms with Crippen molar-refractivity contribution in [2.45, 2.75) is 32.4 Å². The van der Waals surface area contributed by atoms with E-state index in [2.05, 4.69) is 11.8 Å². The zero-order chi connectivity index (χ0) is 12.2. The fraction of sp³-hybridized carbons (Fsp3) is 0.538. The Bertz CT molecular complexity index is 336. The summed E-state index contributed by atoms with van der Waals surface area (Å²) in [5.41, 5.74) is 6.58. The quantitative estimate of drug-likeness (QED) is 0.832. The largest absolute Gasteiger partial charge is 0.324 e. The van der Waals surface area contributed by atoms with Gasteiger partial charge >= 0.3 is 0 Å². The van der Waals surface area contributed by atoms with E-state index in [-0.39, 0.29) is 11.4 Å². The normalized spacial score (nSPS) is 15.1. The zero-order valence-corrected chi connectivity index (χ0v) is 10.3. The second-order valence-electron chi connectivity index (χ2n) is 4.77. The van der Waals surface area contributed by atoms with Gasteiger partial charge in [0.05, 0.1) is 0 Å². The molecule has 2 nitrogen and oxygen atoms in total. The third kappa shape index (κ3) is 3.91. The van der Waals surface area contributed by atoms with Crippen molar-refractivity contribution in [2.75, 3.05) is 13.6 Å². The highest BCUT2D eigenvalue weighted by molar-refractivity contribution is 5.17. The predicted octanol–water partition coefficient (Wildman–Crippen LogP) is 2.38. The molecule has 0 spiro atoms. The third-order valence-corrected chi connectivity index (χ3v) is 2.84. The molecule has 0 aliphatic heterocycles. The number of nitrogens with two attached hydrogens (primary N) is 1. The highest BCUT2D eigenvalue weighted by atomic mass is 19.1. The maximum atomic E-state index is 13.4. The SMILES string of the molecule is CCC(C)(N)CN(C)Cc1ccccc1F. The van der Waals surface area contributed by atoms with E-state index < -0.39 is 0 Å². The van der Waals surface area contributed by atoms with Crippen LogP contribution in [0.4, 0.5) is 4.39 Å². The minimum atomic E-state index is -0.208. The zero-order valence-electron chi connectivity index (χ0n) is 10.3. The van der Waals surface area contributed by atoms with Crippen molar-refractivity contribution in [3.8, 4) is 0 Å². The van der Waals surface area contributed by atoms with Crippen molar-refractivity contribution in [3.05, 3.63) is 35.6 Å². The van der Waals surface area contributed by atoms with Crippen molar-refractivity contribution in [1.29, 1.82) is 0 Å². The van der Waals surface area contributed by atoms with Gasteiger partial charge < -0.3 is 10.6 Å². The summed E-state index contributed by atoms with van der Waals surface area (Å²) in [6.45, 7) is 5.44. The van der Waals surface area contributed by atoms with Gasteiger partial charge in [-0.05, 0) is 26.5 Å². The van der Waals surface area contributed by atoms with Gasteiger partial charge in [-0.2, -0.15) is 0 Å². The summed E-state index contributed by atoms with van der Waals surface area (Å²) in [6.07, 6.45) is 0.911. The summed E-state index contributed by atoms with van der Waals surface area (Å²) >= 11 is 0. The van der Waals surface area contributed by atoms with Crippen LogP contribution in [0.3, 0.4) is 0 Å². The van der Waals surface area contributed by atoms with Gasteiger partial charge in [-0.15, -0.1) is 0 Å². The van der Waals surface area contributed by atoms with Gasteiger partial charge in [-0.3, -0.25) is 0 Å². The lowest BCUT2D eigenvalue weighted by Gasteiger charge is -2.29. The number of halogens is 1. The standard InChI is InChI=1S/C13H21FN2/c1-4-13(2,15)10-16(3)9-11-7-5-6-8-12(11)14/h5-8H,4,9-10,15H2,1-3H3. The maximum Gasteiger partial charge on any atom is 0.127 e. The van der Waals surface area contributed by atoms with E-state index in [1.54, 1.807) is 6.07 Å². The van der Waals surface area contributed by atoms with Gasteiger partial charge in [0.2, 0.25) is 0 Å². The molecule has 0 aliphatic rings. The van der Waals surface area contributed by atoms with Crippen LogP contribution in [0.2, 0.25) is 0 Å². The fourth-order valence-electron chi connectivity index (χ4n) is 1.70. The average molecular weight is 224 g/mol. The van der Waals surface area contributed by atoms with E-state index in [1.165, 1.54) is 6.07 Å². The Morgan fingerprint density at radius 1 is 1.38 bits per heavy atom. The molecular formula is C13H21FN2.